The maximum absolute atomic E-state index is 13.7. The van der Waals surface area contributed by atoms with Crippen LogP contribution in [0.2, 0.25) is 0 Å². The number of aromatic amines is 1. The first-order valence-corrected chi connectivity index (χ1v) is 14.2. The van der Waals surface area contributed by atoms with Crippen LogP contribution in [0, 0.1) is 5.82 Å². The molecule has 0 atom stereocenters. The maximum Gasteiger partial charge on any atom is 0.269 e. The van der Waals surface area contributed by atoms with E-state index in [1.54, 1.807) is 35.1 Å². The summed E-state index contributed by atoms with van der Waals surface area (Å²) >= 11 is 0. The molecule has 0 radical (unpaired) electrons. The number of pyridine rings is 3. The molecule has 3 N–H and O–H groups in total. The molecule has 8 nitrogen and oxygen atoms in total. The van der Waals surface area contributed by atoms with Gasteiger partial charge in [0, 0.05) is 59.1 Å². The van der Waals surface area contributed by atoms with Crippen LogP contribution >= 0.6 is 0 Å². The Morgan fingerprint density at radius 3 is 2.53 bits per heavy atom. The highest BCUT2D eigenvalue weighted by atomic mass is 19.1. The van der Waals surface area contributed by atoms with Gasteiger partial charge in [-0.1, -0.05) is 24.3 Å². The molecule has 7 rings (SSSR count). The van der Waals surface area contributed by atoms with Crippen LogP contribution in [0.1, 0.15) is 22.6 Å². The van der Waals surface area contributed by atoms with Gasteiger partial charge in [-0.25, -0.2) is 8.91 Å². The molecular weight excluding hydrogens is 541 g/mol. The van der Waals surface area contributed by atoms with Gasteiger partial charge in [0.05, 0.1) is 16.7 Å². The number of hydrogen-bond donors (Lipinski definition) is 3. The van der Waals surface area contributed by atoms with Crippen molar-refractivity contribution in [1.29, 1.82) is 0 Å². The first-order chi connectivity index (χ1) is 21.2. The summed E-state index contributed by atoms with van der Waals surface area (Å²) in [5.41, 5.74) is 7.48. The largest absolute Gasteiger partial charge is 0.353 e. The molecule has 0 aliphatic heterocycles. The number of halogens is 1. The summed E-state index contributed by atoms with van der Waals surface area (Å²) in [6, 6.07) is 25.8. The summed E-state index contributed by atoms with van der Waals surface area (Å²) in [7, 11) is 0. The lowest BCUT2D eigenvalue weighted by Crippen LogP contribution is -2.29. The zero-order valence-corrected chi connectivity index (χ0v) is 23.2. The van der Waals surface area contributed by atoms with Crippen molar-refractivity contribution in [2.24, 2.45) is 0 Å². The maximum atomic E-state index is 13.7. The lowest BCUT2D eigenvalue weighted by atomic mass is 10.0. The molecule has 0 saturated heterocycles. The smallest absolute Gasteiger partial charge is 0.269 e. The van der Waals surface area contributed by atoms with E-state index in [1.807, 2.05) is 48.7 Å². The van der Waals surface area contributed by atoms with Gasteiger partial charge in [0.25, 0.3) is 5.91 Å². The van der Waals surface area contributed by atoms with Crippen LogP contribution in [0.15, 0.2) is 104 Å². The van der Waals surface area contributed by atoms with Crippen molar-refractivity contribution < 1.29 is 9.18 Å². The molecule has 5 aromatic heterocycles. The van der Waals surface area contributed by atoms with E-state index in [-0.39, 0.29) is 11.7 Å². The Balaban J connectivity index is 1.05. The van der Waals surface area contributed by atoms with Crippen LogP contribution < -0.4 is 10.6 Å². The van der Waals surface area contributed by atoms with Crippen LogP contribution in [0.4, 0.5) is 4.39 Å². The Morgan fingerprint density at radius 2 is 1.67 bits per heavy atom. The van der Waals surface area contributed by atoms with Gasteiger partial charge in [-0.2, -0.15) is 5.10 Å². The Kier molecular flexibility index (Phi) is 7.06. The normalized spacial score (nSPS) is 11.5. The molecule has 9 heteroatoms. The van der Waals surface area contributed by atoms with Gasteiger partial charge < -0.3 is 15.6 Å². The molecule has 43 heavy (non-hydrogen) atoms. The zero-order valence-electron chi connectivity index (χ0n) is 23.2. The van der Waals surface area contributed by atoms with Crippen LogP contribution in [-0.4, -0.2) is 43.6 Å². The minimum absolute atomic E-state index is 0.218. The lowest BCUT2D eigenvalue weighted by Gasteiger charge is -2.08. The number of rotatable bonds is 9. The number of nitrogens with one attached hydrogen (secondary N) is 3. The van der Waals surface area contributed by atoms with E-state index in [0.29, 0.717) is 31.0 Å². The molecule has 0 bridgehead atoms. The topological polar surface area (TPSA) is 100 Å². The monoisotopic (exact) mass is 569 g/mol. The van der Waals surface area contributed by atoms with E-state index in [4.69, 9.17) is 5.10 Å². The molecule has 0 aliphatic carbocycles. The fourth-order valence-electron chi connectivity index (χ4n) is 5.53. The van der Waals surface area contributed by atoms with Crippen molar-refractivity contribution in [2.75, 3.05) is 13.1 Å². The molecule has 0 saturated carbocycles. The number of carbonyl (C=O) groups is 1. The predicted molar refractivity (Wildman–Crippen MR) is 166 cm³/mol. The van der Waals surface area contributed by atoms with E-state index in [0.717, 1.165) is 50.7 Å². The van der Waals surface area contributed by atoms with Gasteiger partial charge in [0.15, 0.2) is 0 Å². The van der Waals surface area contributed by atoms with E-state index in [9.17, 15) is 9.18 Å². The molecule has 0 spiro atoms. The summed E-state index contributed by atoms with van der Waals surface area (Å²) in [6.07, 6.45) is 6.02. The molecule has 2 aromatic carbocycles. The van der Waals surface area contributed by atoms with Crippen LogP contribution in [0.25, 0.3) is 49.7 Å². The van der Waals surface area contributed by atoms with E-state index < -0.39 is 0 Å². The predicted octanol–water partition coefficient (Wildman–Crippen LogP) is 6.14. The first kappa shape index (κ1) is 26.5. The zero-order chi connectivity index (χ0) is 29.2. The summed E-state index contributed by atoms with van der Waals surface area (Å²) in [4.78, 5) is 25.5. The van der Waals surface area contributed by atoms with Crippen LogP contribution in [0.3, 0.4) is 0 Å². The fraction of sp³-hybridized carbons (Fsp3) is 0.118. The summed E-state index contributed by atoms with van der Waals surface area (Å²) in [6.45, 7) is 1.83. The number of benzene rings is 2. The Labute approximate surface area is 246 Å². The number of carbonyl (C=O) groups excluding carboxylic acids is 1. The molecule has 1 amide bonds. The first-order valence-electron chi connectivity index (χ1n) is 14.2. The second-order valence-corrected chi connectivity index (χ2v) is 10.3. The SMILES string of the molecule is O=C(NCCCNCc1nccc2c1[nH]c1ccccc12)c1cccc2c(-c3ccncc3)c(-c3ccc(F)cc3)nn12. The summed E-state index contributed by atoms with van der Waals surface area (Å²) < 4.78 is 15.4. The minimum Gasteiger partial charge on any atom is -0.353 e. The second-order valence-electron chi connectivity index (χ2n) is 10.3. The highest BCUT2D eigenvalue weighted by Gasteiger charge is 2.20. The van der Waals surface area contributed by atoms with Gasteiger partial charge in [-0.3, -0.25) is 14.8 Å². The van der Waals surface area contributed by atoms with Gasteiger partial charge in [-0.05, 0) is 79.2 Å². The highest BCUT2D eigenvalue weighted by Crippen LogP contribution is 2.35. The molecule has 5 heterocycles. The van der Waals surface area contributed by atoms with Crippen molar-refractivity contribution in [3.05, 3.63) is 121 Å². The Hall–Kier alpha value is -5.41. The molecule has 0 fully saturated rings. The molecule has 0 aliphatic rings. The number of aromatic nitrogens is 5. The van der Waals surface area contributed by atoms with Crippen molar-refractivity contribution in [3.63, 3.8) is 0 Å². The molecular formula is C34H28FN7O. The average Bonchev–Trinajstić information content (AvgIpc) is 3.63. The lowest BCUT2D eigenvalue weighted by molar-refractivity contribution is 0.0946. The van der Waals surface area contributed by atoms with Crippen LogP contribution in [0.5, 0.6) is 0 Å². The van der Waals surface area contributed by atoms with Crippen LogP contribution in [-0.2, 0) is 6.54 Å². The van der Waals surface area contributed by atoms with E-state index >= 15 is 0 Å². The third-order valence-corrected chi connectivity index (χ3v) is 7.59. The number of amides is 1. The number of nitrogens with zero attached hydrogens (tertiary/aromatic N) is 4. The second kappa shape index (κ2) is 11.5. The highest BCUT2D eigenvalue weighted by molar-refractivity contribution is 6.07. The van der Waals surface area contributed by atoms with Crippen molar-refractivity contribution in [3.8, 4) is 22.4 Å². The van der Waals surface area contributed by atoms with Crippen molar-refractivity contribution in [2.45, 2.75) is 13.0 Å². The molecule has 7 aromatic rings. The van der Waals surface area contributed by atoms with Gasteiger partial charge in [0.1, 0.15) is 17.2 Å². The van der Waals surface area contributed by atoms with E-state index in [2.05, 4.69) is 37.7 Å². The standard InChI is InChI=1S/C34H28FN7O/c35-24-11-9-23(10-12-24)32-31(22-13-18-36-19-14-22)29-7-3-8-30(42(29)41-32)34(43)39-17-4-16-37-21-28-33-26(15-20-38-28)25-5-1-2-6-27(25)40-33/h1-3,5-15,18-20,37,40H,4,16-17,21H2,(H,39,43). The Morgan fingerprint density at radius 1 is 0.837 bits per heavy atom. The van der Waals surface area contributed by atoms with Crippen molar-refractivity contribution in [1.82, 2.24) is 35.2 Å². The minimum atomic E-state index is -0.321. The quantitative estimate of drug-likeness (QED) is 0.181. The van der Waals surface area contributed by atoms with E-state index in [1.165, 1.54) is 17.5 Å². The third kappa shape index (κ3) is 5.11. The summed E-state index contributed by atoms with van der Waals surface area (Å²) in [5, 5.41) is 13.7. The molecule has 212 valence electrons. The number of para-hydroxylation sites is 1. The van der Waals surface area contributed by atoms with Gasteiger partial charge >= 0.3 is 0 Å². The van der Waals surface area contributed by atoms with Gasteiger partial charge in [0.2, 0.25) is 0 Å². The number of fused-ring (bicyclic) bond motifs is 4. The molecule has 0 unspecified atom stereocenters. The average molecular weight is 570 g/mol. The third-order valence-electron chi connectivity index (χ3n) is 7.59. The van der Waals surface area contributed by atoms with Crippen molar-refractivity contribution >= 4 is 33.2 Å². The number of hydrogen-bond acceptors (Lipinski definition) is 5. The Bertz CT molecular complexity index is 2070. The number of H-pyrrole nitrogens is 1. The van der Waals surface area contributed by atoms with Gasteiger partial charge in [-0.15, -0.1) is 0 Å². The summed E-state index contributed by atoms with van der Waals surface area (Å²) in [5.74, 6) is -0.539. The fourth-order valence-corrected chi connectivity index (χ4v) is 5.53.